The highest BCUT2D eigenvalue weighted by atomic mass is 35.5. The first-order valence-corrected chi connectivity index (χ1v) is 6.83. The summed E-state index contributed by atoms with van der Waals surface area (Å²) in [5, 5.41) is 10.7. The van der Waals surface area contributed by atoms with Crippen molar-refractivity contribution in [2.75, 3.05) is 0 Å². The Hall–Kier alpha value is -2.01. The van der Waals surface area contributed by atoms with Crippen LogP contribution in [0.5, 0.6) is 0 Å². The summed E-state index contributed by atoms with van der Waals surface area (Å²) in [5.74, 6) is 0. The molecule has 0 aliphatic rings. The smallest absolute Gasteiger partial charge is 0.416 e. The van der Waals surface area contributed by atoms with Crippen molar-refractivity contribution in [3.05, 3.63) is 59.1 Å². The summed E-state index contributed by atoms with van der Waals surface area (Å²) in [6, 6.07) is 14.6. The largest absolute Gasteiger partial charge is 0.464 e. The van der Waals surface area contributed by atoms with Crippen LogP contribution in [0.1, 0.15) is 5.56 Å². The van der Waals surface area contributed by atoms with Crippen LogP contribution in [0.3, 0.4) is 0 Å². The molecule has 2 aromatic carbocycles. The zero-order valence-corrected chi connectivity index (χ0v) is 13.1. The van der Waals surface area contributed by atoms with E-state index in [1.54, 1.807) is 12.1 Å². The first-order valence-electron chi connectivity index (χ1n) is 6.45. The van der Waals surface area contributed by atoms with Gasteiger partial charge < -0.3 is 10.8 Å². The fraction of sp³-hybridized carbons (Fsp3) is 0.0625. The van der Waals surface area contributed by atoms with E-state index in [0.717, 1.165) is 16.5 Å². The van der Waals surface area contributed by atoms with Crippen molar-refractivity contribution >= 4 is 41.0 Å². The Labute approximate surface area is 138 Å². The number of para-hydroxylation sites is 1. The molecule has 0 atom stereocenters. The number of benzene rings is 2. The SMILES string of the molecule is Cl.NCc1ccc(-c2c(Cl)c3ccccc3n2C(=O)O)cc1. The number of rotatable bonds is 2. The summed E-state index contributed by atoms with van der Waals surface area (Å²) in [5.41, 5.74) is 8.37. The molecule has 3 rings (SSSR count). The highest BCUT2D eigenvalue weighted by Gasteiger charge is 2.20. The number of hydrogen-bond donors (Lipinski definition) is 2. The Morgan fingerprint density at radius 3 is 2.36 bits per heavy atom. The second-order valence-electron chi connectivity index (χ2n) is 4.70. The van der Waals surface area contributed by atoms with Gasteiger partial charge in [0.1, 0.15) is 0 Å². The molecule has 0 unspecified atom stereocenters. The minimum Gasteiger partial charge on any atom is -0.464 e. The number of hydrogen-bond acceptors (Lipinski definition) is 2. The Bertz CT molecular complexity index is 826. The molecule has 3 N–H and O–H groups in total. The average Bonchev–Trinajstić information content (AvgIpc) is 2.81. The maximum atomic E-state index is 11.6. The lowest BCUT2D eigenvalue weighted by atomic mass is 10.1. The van der Waals surface area contributed by atoms with Crippen LogP contribution in [-0.2, 0) is 6.54 Å². The van der Waals surface area contributed by atoms with Crippen molar-refractivity contribution < 1.29 is 9.90 Å². The molecular formula is C16H14Cl2N2O2. The molecular weight excluding hydrogens is 323 g/mol. The zero-order valence-electron chi connectivity index (χ0n) is 11.5. The molecule has 0 aliphatic heterocycles. The molecule has 0 saturated heterocycles. The van der Waals surface area contributed by atoms with E-state index in [-0.39, 0.29) is 12.4 Å². The highest BCUT2D eigenvalue weighted by Crippen LogP contribution is 2.37. The molecule has 0 bridgehead atoms. The predicted molar refractivity (Wildman–Crippen MR) is 90.9 cm³/mol. The Kier molecular flexibility index (Phi) is 4.76. The molecule has 1 aromatic heterocycles. The topological polar surface area (TPSA) is 68.2 Å². The average molecular weight is 337 g/mol. The van der Waals surface area contributed by atoms with Gasteiger partial charge in [0.05, 0.1) is 16.2 Å². The Morgan fingerprint density at radius 2 is 1.77 bits per heavy atom. The van der Waals surface area contributed by atoms with E-state index in [2.05, 4.69) is 0 Å². The van der Waals surface area contributed by atoms with E-state index in [1.165, 1.54) is 4.57 Å². The van der Waals surface area contributed by atoms with Crippen LogP contribution < -0.4 is 5.73 Å². The van der Waals surface area contributed by atoms with Gasteiger partial charge >= 0.3 is 6.09 Å². The molecule has 3 aromatic rings. The van der Waals surface area contributed by atoms with Gasteiger partial charge in [-0.3, -0.25) is 0 Å². The fourth-order valence-electron chi connectivity index (χ4n) is 2.45. The molecule has 22 heavy (non-hydrogen) atoms. The predicted octanol–water partition coefficient (Wildman–Crippen LogP) is 4.37. The highest BCUT2D eigenvalue weighted by molar-refractivity contribution is 6.39. The molecule has 0 amide bonds. The Morgan fingerprint density at radius 1 is 1.14 bits per heavy atom. The van der Waals surface area contributed by atoms with Crippen LogP contribution in [0.4, 0.5) is 4.79 Å². The molecule has 114 valence electrons. The van der Waals surface area contributed by atoms with Crippen LogP contribution in [-0.4, -0.2) is 15.8 Å². The van der Waals surface area contributed by atoms with E-state index in [4.69, 9.17) is 17.3 Å². The van der Waals surface area contributed by atoms with Crippen molar-refractivity contribution in [1.82, 2.24) is 4.57 Å². The Balaban J connectivity index is 0.00000176. The van der Waals surface area contributed by atoms with E-state index in [0.29, 0.717) is 22.8 Å². The summed E-state index contributed by atoms with van der Waals surface area (Å²) in [6.07, 6.45) is -1.06. The molecule has 6 heteroatoms. The van der Waals surface area contributed by atoms with Gasteiger partial charge in [-0.05, 0) is 11.6 Å². The normalized spacial score (nSPS) is 10.5. The third-order valence-corrected chi connectivity index (χ3v) is 3.85. The van der Waals surface area contributed by atoms with Crippen molar-refractivity contribution in [2.45, 2.75) is 6.54 Å². The van der Waals surface area contributed by atoms with Gasteiger partial charge in [-0.1, -0.05) is 54.1 Å². The van der Waals surface area contributed by atoms with Crippen LogP contribution in [0.15, 0.2) is 48.5 Å². The maximum absolute atomic E-state index is 11.6. The van der Waals surface area contributed by atoms with Crippen molar-refractivity contribution in [3.8, 4) is 11.3 Å². The van der Waals surface area contributed by atoms with Gasteiger partial charge in [-0.15, -0.1) is 12.4 Å². The minimum absolute atomic E-state index is 0. The number of fused-ring (bicyclic) bond motifs is 1. The van der Waals surface area contributed by atoms with Crippen LogP contribution >= 0.6 is 24.0 Å². The number of carbonyl (C=O) groups is 1. The standard InChI is InChI=1S/C16H13ClN2O2.ClH/c17-14-12-3-1-2-4-13(12)19(16(20)21)15(14)11-7-5-10(9-18)6-8-11;/h1-8H,9,18H2,(H,20,21);1H. The summed E-state index contributed by atoms with van der Waals surface area (Å²) in [6.45, 7) is 0.440. The molecule has 0 aliphatic carbocycles. The monoisotopic (exact) mass is 336 g/mol. The molecule has 1 heterocycles. The van der Waals surface area contributed by atoms with Gasteiger partial charge in [0.2, 0.25) is 0 Å². The molecule has 0 spiro atoms. The van der Waals surface area contributed by atoms with E-state index in [9.17, 15) is 9.90 Å². The third kappa shape index (κ3) is 2.57. The summed E-state index contributed by atoms with van der Waals surface area (Å²) in [7, 11) is 0. The summed E-state index contributed by atoms with van der Waals surface area (Å²) < 4.78 is 1.22. The number of nitrogens with zero attached hydrogens (tertiary/aromatic N) is 1. The quantitative estimate of drug-likeness (QED) is 0.730. The lowest BCUT2D eigenvalue weighted by Gasteiger charge is -2.07. The number of carboxylic acid groups (broad SMARTS) is 1. The lowest BCUT2D eigenvalue weighted by molar-refractivity contribution is 0.198. The van der Waals surface area contributed by atoms with Gasteiger partial charge in [0, 0.05) is 17.5 Å². The van der Waals surface area contributed by atoms with Gasteiger partial charge in [0.25, 0.3) is 0 Å². The summed E-state index contributed by atoms with van der Waals surface area (Å²) in [4.78, 5) is 11.6. The second-order valence-corrected chi connectivity index (χ2v) is 5.08. The third-order valence-electron chi connectivity index (χ3n) is 3.47. The number of aromatic nitrogens is 1. The zero-order chi connectivity index (χ0) is 15.0. The maximum Gasteiger partial charge on any atom is 0.416 e. The molecule has 0 saturated carbocycles. The van der Waals surface area contributed by atoms with Gasteiger partial charge in [-0.25, -0.2) is 9.36 Å². The van der Waals surface area contributed by atoms with Gasteiger partial charge in [-0.2, -0.15) is 0 Å². The van der Waals surface area contributed by atoms with E-state index in [1.807, 2.05) is 36.4 Å². The molecule has 0 fully saturated rings. The summed E-state index contributed by atoms with van der Waals surface area (Å²) >= 11 is 6.41. The van der Waals surface area contributed by atoms with Crippen LogP contribution in [0.2, 0.25) is 5.02 Å². The number of halogens is 2. The van der Waals surface area contributed by atoms with Crippen molar-refractivity contribution in [1.29, 1.82) is 0 Å². The first kappa shape index (κ1) is 16.4. The van der Waals surface area contributed by atoms with Crippen molar-refractivity contribution in [2.24, 2.45) is 5.73 Å². The van der Waals surface area contributed by atoms with E-state index < -0.39 is 6.09 Å². The second kappa shape index (κ2) is 6.40. The first-order chi connectivity index (χ1) is 10.1. The molecule has 4 nitrogen and oxygen atoms in total. The fourth-order valence-corrected chi connectivity index (χ4v) is 2.81. The lowest BCUT2D eigenvalue weighted by Crippen LogP contribution is -2.09. The van der Waals surface area contributed by atoms with Gasteiger partial charge in [0.15, 0.2) is 0 Å². The van der Waals surface area contributed by atoms with Crippen LogP contribution in [0, 0.1) is 0 Å². The minimum atomic E-state index is -1.06. The van der Waals surface area contributed by atoms with Crippen LogP contribution in [0.25, 0.3) is 22.2 Å². The van der Waals surface area contributed by atoms with Crippen molar-refractivity contribution in [3.63, 3.8) is 0 Å². The van der Waals surface area contributed by atoms with E-state index >= 15 is 0 Å². The number of nitrogens with two attached hydrogens (primary N) is 1. The molecule has 0 radical (unpaired) electrons.